The molecule has 0 aliphatic heterocycles. The SMILES string of the molecule is CN(C)c1ccc(Cc2nn3c(=O)c(=Cc4cccnc4)sc3nc2=O)cc1. The van der Waals surface area contributed by atoms with Crippen molar-refractivity contribution < 1.29 is 0 Å². The third-order valence-electron chi connectivity index (χ3n) is 4.26. The van der Waals surface area contributed by atoms with Crippen molar-refractivity contribution in [3.8, 4) is 0 Å². The molecule has 0 spiro atoms. The van der Waals surface area contributed by atoms with Crippen molar-refractivity contribution in [2.45, 2.75) is 6.42 Å². The molecule has 28 heavy (non-hydrogen) atoms. The average Bonchev–Trinajstić information content (AvgIpc) is 2.98. The first-order valence-corrected chi connectivity index (χ1v) is 9.44. The molecule has 3 heterocycles. The second-order valence-electron chi connectivity index (χ2n) is 6.50. The van der Waals surface area contributed by atoms with Crippen LogP contribution in [-0.2, 0) is 6.42 Å². The highest BCUT2D eigenvalue weighted by Crippen LogP contribution is 2.13. The fraction of sp³-hybridized carbons (Fsp3) is 0.150. The first-order valence-electron chi connectivity index (χ1n) is 8.62. The summed E-state index contributed by atoms with van der Waals surface area (Å²) in [5.74, 6) is 0. The molecule has 0 aliphatic carbocycles. The minimum absolute atomic E-state index is 0.248. The van der Waals surface area contributed by atoms with Crippen LogP contribution >= 0.6 is 11.3 Å². The summed E-state index contributed by atoms with van der Waals surface area (Å²) in [6.45, 7) is 0. The number of benzene rings is 1. The van der Waals surface area contributed by atoms with Gasteiger partial charge in [0, 0.05) is 38.6 Å². The number of pyridine rings is 1. The van der Waals surface area contributed by atoms with Gasteiger partial charge in [0.1, 0.15) is 5.69 Å². The Bertz CT molecular complexity index is 1290. The summed E-state index contributed by atoms with van der Waals surface area (Å²) in [6, 6.07) is 11.5. The second kappa shape index (κ2) is 7.32. The van der Waals surface area contributed by atoms with Gasteiger partial charge in [0.25, 0.3) is 11.1 Å². The van der Waals surface area contributed by atoms with Gasteiger partial charge in [-0.2, -0.15) is 14.6 Å². The zero-order chi connectivity index (χ0) is 19.7. The van der Waals surface area contributed by atoms with Gasteiger partial charge in [-0.3, -0.25) is 14.6 Å². The van der Waals surface area contributed by atoms with E-state index in [4.69, 9.17) is 0 Å². The second-order valence-corrected chi connectivity index (χ2v) is 7.51. The first-order chi connectivity index (χ1) is 13.5. The first kappa shape index (κ1) is 18.0. The predicted molar refractivity (Wildman–Crippen MR) is 110 cm³/mol. The Morgan fingerprint density at radius 3 is 2.61 bits per heavy atom. The summed E-state index contributed by atoms with van der Waals surface area (Å²) >= 11 is 1.14. The third-order valence-corrected chi connectivity index (χ3v) is 5.22. The van der Waals surface area contributed by atoms with Crippen molar-refractivity contribution in [1.29, 1.82) is 0 Å². The van der Waals surface area contributed by atoms with Gasteiger partial charge in [-0.25, -0.2) is 0 Å². The maximum atomic E-state index is 12.7. The minimum Gasteiger partial charge on any atom is -0.378 e. The molecule has 7 nitrogen and oxygen atoms in total. The van der Waals surface area contributed by atoms with Crippen LogP contribution in [-0.4, -0.2) is 33.7 Å². The van der Waals surface area contributed by atoms with Crippen molar-refractivity contribution in [2.75, 3.05) is 19.0 Å². The van der Waals surface area contributed by atoms with Crippen molar-refractivity contribution in [2.24, 2.45) is 0 Å². The largest absolute Gasteiger partial charge is 0.378 e. The van der Waals surface area contributed by atoms with Crippen LogP contribution in [0.5, 0.6) is 0 Å². The molecule has 0 fully saturated rings. The summed E-state index contributed by atoms with van der Waals surface area (Å²) in [5, 5.41) is 4.28. The molecule has 0 bridgehead atoms. The van der Waals surface area contributed by atoms with Crippen LogP contribution in [0.1, 0.15) is 16.8 Å². The number of rotatable bonds is 4. The summed E-state index contributed by atoms with van der Waals surface area (Å²) in [7, 11) is 3.93. The van der Waals surface area contributed by atoms with E-state index >= 15 is 0 Å². The van der Waals surface area contributed by atoms with E-state index in [0.717, 1.165) is 28.2 Å². The molecule has 0 atom stereocenters. The summed E-state index contributed by atoms with van der Waals surface area (Å²) in [5.41, 5.74) is 2.35. The molecule has 0 saturated carbocycles. The van der Waals surface area contributed by atoms with Crippen LogP contribution in [0.2, 0.25) is 0 Å². The smallest absolute Gasteiger partial charge is 0.296 e. The van der Waals surface area contributed by atoms with Gasteiger partial charge in [-0.05, 0) is 35.4 Å². The molecular weight excluding hydrogens is 374 g/mol. The van der Waals surface area contributed by atoms with Crippen LogP contribution in [0.3, 0.4) is 0 Å². The highest BCUT2D eigenvalue weighted by atomic mass is 32.1. The summed E-state index contributed by atoms with van der Waals surface area (Å²) < 4.78 is 1.66. The van der Waals surface area contributed by atoms with Crippen LogP contribution in [0.25, 0.3) is 11.0 Å². The summed E-state index contributed by atoms with van der Waals surface area (Å²) in [6.07, 6.45) is 5.37. The standard InChI is InChI=1S/C20H17N5O2S/c1-24(2)15-7-5-13(6-8-15)10-16-18(26)22-20-25(23-16)19(27)17(28-20)11-14-4-3-9-21-12-14/h3-9,11-12H,10H2,1-2H3. The predicted octanol–water partition coefficient (Wildman–Crippen LogP) is 1.11. The van der Waals surface area contributed by atoms with E-state index in [0.29, 0.717) is 11.0 Å². The van der Waals surface area contributed by atoms with Crippen molar-refractivity contribution >= 4 is 28.1 Å². The van der Waals surface area contributed by atoms with E-state index in [2.05, 4.69) is 15.1 Å². The van der Waals surface area contributed by atoms with E-state index in [1.54, 1.807) is 24.5 Å². The lowest BCUT2D eigenvalue weighted by Crippen LogP contribution is -2.28. The molecule has 8 heteroatoms. The molecule has 4 rings (SSSR count). The Balaban J connectivity index is 1.74. The van der Waals surface area contributed by atoms with E-state index in [1.165, 1.54) is 4.52 Å². The van der Waals surface area contributed by atoms with Crippen LogP contribution in [0, 0.1) is 0 Å². The quantitative estimate of drug-likeness (QED) is 0.519. The van der Waals surface area contributed by atoms with E-state index in [9.17, 15) is 9.59 Å². The molecule has 0 saturated heterocycles. The van der Waals surface area contributed by atoms with Crippen molar-refractivity contribution in [3.63, 3.8) is 0 Å². The lowest BCUT2D eigenvalue weighted by atomic mass is 10.1. The Morgan fingerprint density at radius 1 is 1.14 bits per heavy atom. The van der Waals surface area contributed by atoms with E-state index < -0.39 is 5.56 Å². The minimum atomic E-state index is -0.411. The van der Waals surface area contributed by atoms with Crippen LogP contribution in [0.4, 0.5) is 5.69 Å². The van der Waals surface area contributed by atoms with Gasteiger partial charge in [0.2, 0.25) is 4.96 Å². The zero-order valence-electron chi connectivity index (χ0n) is 15.4. The number of aromatic nitrogens is 4. The average molecular weight is 391 g/mol. The van der Waals surface area contributed by atoms with E-state index in [1.807, 2.05) is 49.3 Å². The molecule has 0 aliphatic rings. The molecule has 0 amide bonds. The number of anilines is 1. The Labute approximate surface area is 164 Å². The molecule has 3 aromatic heterocycles. The molecule has 140 valence electrons. The fourth-order valence-corrected chi connectivity index (χ4v) is 3.67. The third kappa shape index (κ3) is 3.54. The summed E-state index contributed by atoms with van der Waals surface area (Å²) in [4.78, 5) is 35.4. The van der Waals surface area contributed by atoms with Crippen LogP contribution in [0.15, 0.2) is 58.4 Å². The zero-order valence-corrected chi connectivity index (χ0v) is 16.2. The number of nitrogens with zero attached hydrogens (tertiary/aromatic N) is 5. The van der Waals surface area contributed by atoms with Gasteiger partial charge >= 0.3 is 0 Å². The van der Waals surface area contributed by atoms with Gasteiger partial charge in [0.05, 0.1) is 4.53 Å². The molecule has 0 unspecified atom stereocenters. The van der Waals surface area contributed by atoms with Crippen molar-refractivity contribution in [3.05, 3.63) is 90.9 Å². The van der Waals surface area contributed by atoms with Gasteiger partial charge in [-0.1, -0.05) is 29.5 Å². The highest BCUT2D eigenvalue weighted by molar-refractivity contribution is 7.15. The van der Waals surface area contributed by atoms with Gasteiger partial charge < -0.3 is 4.90 Å². The van der Waals surface area contributed by atoms with Gasteiger partial charge in [0.15, 0.2) is 0 Å². The number of hydrogen-bond acceptors (Lipinski definition) is 7. The topological polar surface area (TPSA) is 80.5 Å². The Kier molecular flexibility index (Phi) is 4.70. The number of thiazole rings is 1. The monoisotopic (exact) mass is 391 g/mol. The lowest BCUT2D eigenvalue weighted by molar-refractivity contribution is 0.811. The maximum Gasteiger partial charge on any atom is 0.296 e. The molecule has 4 aromatic rings. The molecular formula is C20H17N5O2S. The number of fused-ring (bicyclic) bond motifs is 1. The Morgan fingerprint density at radius 2 is 1.93 bits per heavy atom. The van der Waals surface area contributed by atoms with Crippen molar-refractivity contribution in [1.82, 2.24) is 19.6 Å². The fourth-order valence-electron chi connectivity index (χ4n) is 2.77. The van der Waals surface area contributed by atoms with Gasteiger partial charge in [-0.15, -0.1) is 0 Å². The molecule has 0 N–H and O–H groups in total. The molecule has 0 radical (unpaired) electrons. The number of hydrogen-bond donors (Lipinski definition) is 0. The lowest BCUT2D eigenvalue weighted by Gasteiger charge is -2.12. The van der Waals surface area contributed by atoms with Crippen LogP contribution < -0.4 is 20.6 Å². The van der Waals surface area contributed by atoms with E-state index in [-0.39, 0.29) is 16.2 Å². The normalized spacial score (nSPS) is 11.9. The Hall–Kier alpha value is -3.39. The maximum absolute atomic E-state index is 12.7. The molecule has 1 aromatic carbocycles. The highest BCUT2D eigenvalue weighted by Gasteiger charge is 2.12.